The van der Waals surface area contributed by atoms with Gasteiger partial charge in [0.05, 0.1) is 17.6 Å². The number of hydrogen-bond acceptors (Lipinski definition) is 3. The summed E-state index contributed by atoms with van der Waals surface area (Å²) >= 11 is 0. The van der Waals surface area contributed by atoms with Crippen molar-refractivity contribution < 1.29 is 4.79 Å². The predicted octanol–water partition coefficient (Wildman–Crippen LogP) is 5.43. The molecule has 28 heavy (non-hydrogen) atoms. The molecular weight excluding hydrogens is 346 g/mol. The summed E-state index contributed by atoms with van der Waals surface area (Å²) in [4.78, 5) is 11.5. The van der Waals surface area contributed by atoms with Crippen molar-refractivity contribution in [2.75, 3.05) is 5.01 Å². The van der Waals surface area contributed by atoms with Crippen LogP contribution < -0.4 is 5.01 Å². The fourth-order valence-corrected chi connectivity index (χ4v) is 3.89. The van der Waals surface area contributed by atoms with E-state index in [0.717, 1.165) is 39.6 Å². The smallest absolute Gasteiger partial charge is 0.159 e. The minimum atomic E-state index is 0.0523. The first-order valence-corrected chi connectivity index (χ1v) is 9.32. The molecule has 1 aromatic heterocycles. The van der Waals surface area contributed by atoms with Crippen molar-refractivity contribution in [1.82, 2.24) is 4.57 Å². The van der Waals surface area contributed by atoms with Crippen LogP contribution in [0, 0.1) is 20.8 Å². The molecule has 4 heteroatoms. The third-order valence-electron chi connectivity index (χ3n) is 5.32. The van der Waals surface area contributed by atoms with Gasteiger partial charge >= 0.3 is 0 Å². The molecule has 2 heterocycles. The number of hydrazone groups is 1. The second-order valence-electron chi connectivity index (χ2n) is 7.24. The number of benzene rings is 2. The van der Waals surface area contributed by atoms with Crippen LogP contribution in [0.15, 0.2) is 60.2 Å². The number of hydrogen-bond donors (Lipinski definition) is 0. The maximum absolute atomic E-state index is 11.5. The van der Waals surface area contributed by atoms with E-state index in [1.165, 1.54) is 5.56 Å². The summed E-state index contributed by atoms with van der Waals surface area (Å²) in [6, 6.07) is 15.9. The Kier molecular flexibility index (Phi) is 4.27. The molecule has 2 aromatic carbocycles. The summed E-state index contributed by atoms with van der Waals surface area (Å²) < 4.78 is 2.26. The molecule has 0 bridgehead atoms. The zero-order valence-electron chi connectivity index (χ0n) is 16.7. The van der Waals surface area contributed by atoms with Crippen LogP contribution in [0.5, 0.6) is 0 Å². The lowest BCUT2D eigenvalue weighted by molar-refractivity contribution is 0.101. The van der Waals surface area contributed by atoms with E-state index in [4.69, 9.17) is 0 Å². The Hall–Kier alpha value is -3.40. The second-order valence-corrected chi connectivity index (χ2v) is 7.24. The van der Waals surface area contributed by atoms with E-state index in [1.807, 2.05) is 35.5 Å². The van der Waals surface area contributed by atoms with Gasteiger partial charge in [0.25, 0.3) is 0 Å². The Balaban J connectivity index is 1.78. The molecule has 0 aliphatic carbocycles. The standard InChI is InChI=1S/C24H23N3O/c1-15-7-6-8-22(13-15)26-16(2)23-14-25-27(18(4)24(23)17(26)3)21-11-9-20(10-12-21)19(5)28/h6-14H,4H2,1-3,5H3. The minimum Gasteiger partial charge on any atom is -0.317 e. The van der Waals surface area contributed by atoms with Gasteiger partial charge in [-0.05, 0) is 69.7 Å². The molecule has 1 aliphatic heterocycles. The van der Waals surface area contributed by atoms with E-state index in [1.54, 1.807) is 6.92 Å². The number of anilines is 1. The van der Waals surface area contributed by atoms with E-state index >= 15 is 0 Å². The van der Waals surface area contributed by atoms with Crippen molar-refractivity contribution in [2.45, 2.75) is 27.7 Å². The second kappa shape index (κ2) is 6.64. The zero-order chi connectivity index (χ0) is 20.0. The zero-order valence-corrected chi connectivity index (χ0v) is 16.7. The molecule has 0 saturated carbocycles. The number of carbonyl (C=O) groups excluding carboxylic acids is 1. The third-order valence-corrected chi connectivity index (χ3v) is 5.32. The van der Waals surface area contributed by atoms with Gasteiger partial charge in [-0.1, -0.05) is 18.7 Å². The molecule has 4 rings (SSSR count). The van der Waals surface area contributed by atoms with Crippen LogP contribution in [0.25, 0.3) is 11.4 Å². The highest BCUT2D eigenvalue weighted by atomic mass is 16.1. The van der Waals surface area contributed by atoms with E-state index in [9.17, 15) is 4.79 Å². The Bertz CT molecular complexity index is 1130. The maximum Gasteiger partial charge on any atom is 0.159 e. The molecule has 0 amide bonds. The molecule has 0 spiro atoms. The molecule has 0 saturated heterocycles. The molecule has 140 valence electrons. The summed E-state index contributed by atoms with van der Waals surface area (Å²) in [7, 11) is 0. The van der Waals surface area contributed by atoms with Crippen molar-refractivity contribution in [1.29, 1.82) is 0 Å². The van der Waals surface area contributed by atoms with Crippen LogP contribution in [-0.2, 0) is 0 Å². The predicted molar refractivity (Wildman–Crippen MR) is 116 cm³/mol. The van der Waals surface area contributed by atoms with Crippen LogP contribution in [0.3, 0.4) is 0 Å². The van der Waals surface area contributed by atoms with E-state index < -0.39 is 0 Å². The average Bonchev–Trinajstić information content (AvgIpc) is 2.93. The van der Waals surface area contributed by atoms with Gasteiger partial charge in [-0.15, -0.1) is 0 Å². The Morgan fingerprint density at radius 2 is 1.68 bits per heavy atom. The molecule has 0 atom stereocenters. The normalized spacial score (nSPS) is 13.0. The van der Waals surface area contributed by atoms with Gasteiger partial charge in [-0.25, -0.2) is 5.01 Å². The maximum atomic E-state index is 11.5. The molecule has 1 aliphatic rings. The van der Waals surface area contributed by atoms with Crippen molar-refractivity contribution in [3.05, 3.63) is 88.8 Å². The fourth-order valence-electron chi connectivity index (χ4n) is 3.89. The van der Waals surface area contributed by atoms with Gasteiger partial charge in [0.1, 0.15) is 0 Å². The SMILES string of the molecule is C=C1c2c(c(C)n(-c3cccc(C)c3)c2C)C=NN1c1ccc(C(C)=O)cc1. The molecular formula is C24H23N3O. The van der Waals surface area contributed by atoms with Gasteiger partial charge in [-0.3, -0.25) is 4.79 Å². The molecule has 0 N–H and O–H groups in total. The number of aromatic nitrogens is 1. The number of rotatable bonds is 3. The number of aryl methyl sites for hydroxylation is 1. The number of ketones is 1. The van der Waals surface area contributed by atoms with E-state index in [-0.39, 0.29) is 5.78 Å². The summed E-state index contributed by atoms with van der Waals surface area (Å²) in [5, 5.41) is 6.47. The first-order valence-electron chi connectivity index (χ1n) is 9.32. The Morgan fingerprint density at radius 3 is 2.32 bits per heavy atom. The average molecular weight is 369 g/mol. The number of carbonyl (C=O) groups is 1. The van der Waals surface area contributed by atoms with Crippen molar-refractivity contribution in [2.24, 2.45) is 5.10 Å². The first-order chi connectivity index (χ1) is 13.4. The molecule has 0 unspecified atom stereocenters. The number of Topliss-reactive ketones (excluding diaryl/α,β-unsaturated/α-hetero) is 1. The van der Waals surface area contributed by atoms with Gasteiger partial charge in [0, 0.05) is 33.8 Å². The lowest BCUT2D eigenvalue weighted by Crippen LogP contribution is -2.19. The number of nitrogens with zero attached hydrogens (tertiary/aromatic N) is 3. The summed E-state index contributed by atoms with van der Waals surface area (Å²) in [6.07, 6.45) is 1.90. The van der Waals surface area contributed by atoms with Crippen molar-refractivity contribution >= 4 is 23.4 Å². The third kappa shape index (κ3) is 2.78. The Morgan fingerprint density at radius 1 is 0.964 bits per heavy atom. The summed E-state index contributed by atoms with van der Waals surface area (Å²) in [5.41, 5.74) is 9.26. The summed E-state index contributed by atoms with van der Waals surface area (Å²) in [6.45, 7) is 12.2. The minimum absolute atomic E-state index is 0.0523. The quantitative estimate of drug-likeness (QED) is 0.577. The van der Waals surface area contributed by atoms with E-state index in [2.05, 4.69) is 61.3 Å². The van der Waals surface area contributed by atoms with Crippen LogP contribution in [0.4, 0.5) is 5.69 Å². The highest BCUT2D eigenvalue weighted by molar-refractivity contribution is 5.99. The lowest BCUT2D eigenvalue weighted by atomic mass is 10.0. The first kappa shape index (κ1) is 18.0. The van der Waals surface area contributed by atoms with Crippen molar-refractivity contribution in [3.8, 4) is 5.69 Å². The molecule has 0 radical (unpaired) electrons. The highest BCUT2D eigenvalue weighted by Crippen LogP contribution is 2.36. The topological polar surface area (TPSA) is 37.6 Å². The van der Waals surface area contributed by atoms with Gasteiger partial charge in [0.2, 0.25) is 0 Å². The number of fused-ring (bicyclic) bond motifs is 1. The van der Waals surface area contributed by atoms with Crippen LogP contribution >= 0.6 is 0 Å². The van der Waals surface area contributed by atoms with Gasteiger partial charge in [-0.2, -0.15) is 5.10 Å². The van der Waals surface area contributed by atoms with Crippen LogP contribution in [0.1, 0.15) is 45.4 Å². The van der Waals surface area contributed by atoms with Crippen molar-refractivity contribution in [3.63, 3.8) is 0 Å². The van der Waals surface area contributed by atoms with Gasteiger partial charge < -0.3 is 4.57 Å². The Labute approximate surface area is 165 Å². The van der Waals surface area contributed by atoms with E-state index in [0.29, 0.717) is 5.56 Å². The highest BCUT2D eigenvalue weighted by Gasteiger charge is 2.26. The molecule has 4 nitrogen and oxygen atoms in total. The fraction of sp³-hybridized carbons (Fsp3) is 0.167. The molecule has 0 fully saturated rings. The van der Waals surface area contributed by atoms with Crippen LogP contribution in [0.2, 0.25) is 0 Å². The summed E-state index contributed by atoms with van der Waals surface area (Å²) in [5.74, 6) is 0.0523. The molecule has 3 aromatic rings. The monoisotopic (exact) mass is 369 g/mol. The lowest BCUT2D eigenvalue weighted by Gasteiger charge is -2.25. The van der Waals surface area contributed by atoms with Crippen LogP contribution in [-0.4, -0.2) is 16.6 Å². The largest absolute Gasteiger partial charge is 0.317 e. The van der Waals surface area contributed by atoms with Gasteiger partial charge in [0.15, 0.2) is 5.78 Å².